The largest absolute Gasteiger partial charge is 0.393 e. The van der Waals surface area contributed by atoms with Gasteiger partial charge in [-0.3, -0.25) is 9.59 Å². The van der Waals surface area contributed by atoms with Crippen molar-refractivity contribution in [3.63, 3.8) is 0 Å². The van der Waals surface area contributed by atoms with E-state index < -0.39 is 5.97 Å². The topological polar surface area (TPSA) is 60.4 Å². The average molecular weight is 373 g/mol. The normalized spacial score (nSPS) is 18.5. The molecule has 0 aromatic heterocycles. The molecule has 1 fully saturated rings. The molecule has 148 valence electrons. The Morgan fingerprint density at radius 3 is 2.44 bits per heavy atom. The molecule has 0 aliphatic carbocycles. The summed E-state index contributed by atoms with van der Waals surface area (Å²) in [5.74, 6) is 0.742. The van der Waals surface area contributed by atoms with Gasteiger partial charge in [0.15, 0.2) is 0 Å². The van der Waals surface area contributed by atoms with Gasteiger partial charge in [-0.15, -0.1) is 0 Å². The fourth-order valence-corrected chi connectivity index (χ4v) is 3.13. The first-order valence-electron chi connectivity index (χ1n) is 10.1. The van der Waals surface area contributed by atoms with Crippen molar-refractivity contribution in [2.24, 2.45) is 11.8 Å². The van der Waals surface area contributed by atoms with Crippen LogP contribution in [0.3, 0.4) is 0 Å². The van der Waals surface area contributed by atoms with Crippen molar-refractivity contribution in [2.45, 2.75) is 71.1 Å². The summed E-state index contributed by atoms with van der Waals surface area (Å²) in [4.78, 5) is 32.8. The van der Waals surface area contributed by atoms with Crippen LogP contribution in [0.25, 0.3) is 0 Å². The molecular formula is C23H32O4. The van der Waals surface area contributed by atoms with Crippen LogP contribution < -0.4 is 0 Å². The monoisotopic (exact) mass is 372 g/mol. The molecule has 1 aliphatic heterocycles. The SMILES string of the molecule is CCC(/C=C/C=C\C/C=C\CCCCCCCC=C=O)C1CC(=O)OC1=O. The Balaban J connectivity index is 2.09. The molecule has 0 amide bonds. The Hall–Kier alpha value is -2.19. The summed E-state index contributed by atoms with van der Waals surface area (Å²) in [6.07, 6.45) is 23.8. The molecule has 0 aromatic rings. The zero-order valence-electron chi connectivity index (χ0n) is 16.4. The Labute approximate surface area is 163 Å². The van der Waals surface area contributed by atoms with Crippen molar-refractivity contribution in [1.29, 1.82) is 0 Å². The van der Waals surface area contributed by atoms with E-state index in [0.29, 0.717) is 0 Å². The van der Waals surface area contributed by atoms with Crippen LogP contribution in [0.15, 0.2) is 42.5 Å². The molecule has 4 nitrogen and oxygen atoms in total. The number of hydrogen-bond donors (Lipinski definition) is 0. The Kier molecular flexibility index (Phi) is 12.6. The molecule has 0 spiro atoms. The predicted octanol–water partition coefficient (Wildman–Crippen LogP) is 5.28. The highest BCUT2D eigenvalue weighted by Crippen LogP contribution is 2.27. The summed E-state index contributed by atoms with van der Waals surface area (Å²) in [7, 11) is 0. The Bertz CT molecular complexity index is 579. The molecule has 0 bridgehead atoms. The molecule has 1 rings (SSSR count). The van der Waals surface area contributed by atoms with Crippen LogP contribution in [0.5, 0.6) is 0 Å². The predicted molar refractivity (Wildman–Crippen MR) is 108 cm³/mol. The Morgan fingerprint density at radius 1 is 1.04 bits per heavy atom. The van der Waals surface area contributed by atoms with E-state index in [-0.39, 0.29) is 24.2 Å². The third-order valence-electron chi connectivity index (χ3n) is 4.74. The minimum absolute atomic E-state index is 0.0543. The lowest BCUT2D eigenvalue weighted by Gasteiger charge is -2.13. The van der Waals surface area contributed by atoms with E-state index in [1.54, 1.807) is 6.08 Å². The third-order valence-corrected chi connectivity index (χ3v) is 4.74. The van der Waals surface area contributed by atoms with Gasteiger partial charge in [0.1, 0.15) is 5.94 Å². The fourth-order valence-electron chi connectivity index (χ4n) is 3.13. The second-order valence-corrected chi connectivity index (χ2v) is 6.86. The van der Waals surface area contributed by atoms with E-state index in [9.17, 15) is 14.4 Å². The third kappa shape index (κ3) is 10.5. The van der Waals surface area contributed by atoms with Crippen LogP contribution in [0.2, 0.25) is 0 Å². The van der Waals surface area contributed by atoms with Gasteiger partial charge in [-0.25, -0.2) is 4.79 Å². The summed E-state index contributed by atoms with van der Waals surface area (Å²) in [5, 5.41) is 0. The lowest BCUT2D eigenvalue weighted by atomic mass is 9.88. The van der Waals surface area contributed by atoms with E-state index in [1.165, 1.54) is 25.7 Å². The molecule has 0 radical (unpaired) electrons. The van der Waals surface area contributed by atoms with E-state index in [4.69, 9.17) is 0 Å². The first kappa shape index (κ1) is 22.9. The smallest absolute Gasteiger partial charge is 0.317 e. The summed E-state index contributed by atoms with van der Waals surface area (Å²) < 4.78 is 4.63. The first-order chi connectivity index (χ1) is 13.2. The van der Waals surface area contributed by atoms with Crippen LogP contribution in [0.4, 0.5) is 0 Å². The van der Waals surface area contributed by atoms with E-state index >= 15 is 0 Å². The van der Waals surface area contributed by atoms with Gasteiger partial charge in [0, 0.05) is 0 Å². The van der Waals surface area contributed by atoms with Crippen molar-refractivity contribution in [3.05, 3.63) is 42.5 Å². The Morgan fingerprint density at radius 2 is 1.78 bits per heavy atom. The average Bonchev–Trinajstić information content (AvgIpc) is 2.99. The minimum atomic E-state index is -0.410. The van der Waals surface area contributed by atoms with E-state index in [1.807, 2.05) is 31.1 Å². The second-order valence-electron chi connectivity index (χ2n) is 6.86. The highest BCUT2D eigenvalue weighted by molar-refractivity contribution is 5.94. The van der Waals surface area contributed by atoms with E-state index in [0.717, 1.165) is 32.1 Å². The molecule has 1 saturated heterocycles. The number of allylic oxidation sites excluding steroid dienone is 7. The number of cyclic esters (lactones) is 2. The minimum Gasteiger partial charge on any atom is -0.393 e. The van der Waals surface area contributed by atoms with Crippen LogP contribution in [0, 0.1) is 11.8 Å². The molecule has 2 unspecified atom stereocenters. The van der Waals surface area contributed by atoms with Crippen molar-refractivity contribution < 1.29 is 19.1 Å². The van der Waals surface area contributed by atoms with Gasteiger partial charge >= 0.3 is 11.9 Å². The van der Waals surface area contributed by atoms with Gasteiger partial charge in [0.2, 0.25) is 0 Å². The van der Waals surface area contributed by atoms with Gasteiger partial charge < -0.3 is 4.74 Å². The second kappa shape index (κ2) is 14.9. The van der Waals surface area contributed by atoms with Crippen molar-refractivity contribution in [1.82, 2.24) is 0 Å². The number of carbonyl (C=O) groups excluding carboxylic acids is 3. The highest BCUT2D eigenvalue weighted by Gasteiger charge is 2.37. The quantitative estimate of drug-likeness (QED) is 0.104. The van der Waals surface area contributed by atoms with Gasteiger partial charge in [0.05, 0.1) is 12.3 Å². The first-order valence-corrected chi connectivity index (χ1v) is 10.1. The summed E-state index contributed by atoms with van der Waals surface area (Å²) in [6.45, 7) is 2.01. The fraction of sp³-hybridized carbons (Fsp3) is 0.565. The van der Waals surface area contributed by atoms with Crippen molar-refractivity contribution in [3.8, 4) is 0 Å². The molecule has 0 saturated carbocycles. The van der Waals surface area contributed by atoms with Gasteiger partial charge in [0.25, 0.3) is 0 Å². The number of rotatable bonds is 14. The molecule has 27 heavy (non-hydrogen) atoms. The summed E-state index contributed by atoms with van der Waals surface area (Å²) >= 11 is 0. The maximum Gasteiger partial charge on any atom is 0.317 e. The number of ether oxygens (including phenoxy) is 1. The van der Waals surface area contributed by atoms with Gasteiger partial charge in [-0.2, -0.15) is 0 Å². The number of carbonyl (C=O) groups is 2. The van der Waals surface area contributed by atoms with Crippen LogP contribution >= 0.6 is 0 Å². The number of esters is 2. The number of hydrogen-bond acceptors (Lipinski definition) is 4. The lowest BCUT2D eigenvalue weighted by Crippen LogP contribution is -2.17. The van der Waals surface area contributed by atoms with Gasteiger partial charge in [-0.05, 0) is 50.5 Å². The summed E-state index contributed by atoms with van der Waals surface area (Å²) in [6, 6.07) is 0. The maximum atomic E-state index is 11.6. The molecule has 1 heterocycles. The zero-order chi connectivity index (χ0) is 19.7. The molecule has 1 aliphatic rings. The van der Waals surface area contributed by atoms with Gasteiger partial charge in [-0.1, -0.05) is 62.6 Å². The lowest BCUT2D eigenvalue weighted by molar-refractivity contribution is -0.153. The van der Waals surface area contributed by atoms with Crippen molar-refractivity contribution >= 4 is 17.9 Å². The van der Waals surface area contributed by atoms with Crippen molar-refractivity contribution in [2.75, 3.05) is 0 Å². The maximum absolute atomic E-state index is 11.6. The standard InChI is InChI=1S/C23H32O4/c1-2-20(21-19-22(25)27-23(21)26)17-15-13-11-9-7-5-3-4-6-8-10-12-14-16-18-24/h5,7,11,13,15-17,20-21H,2-4,6,8-10,12,14,19H2,1H3/b7-5-,13-11-,17-15+. The molecule has 0 aromatic carbocycles. The molecule has 4 heteroatoms. The van der Waals surface area contributed by atoms with Crippen LogP contribution in [0.1, 0.15) is 71.1 Å². The zero-order valence-corrected chi connectivity index (χ0v) is 16.4. The van der Waals surface area contributed by atoms with Crippen LogP contribution in [-0.2, 0) is 19.1 Å². The molecule has 0 N–H and O–H groups in total. The highest BCUT2D eigenvalue weighted by atomic mass is 16.6. The summed E-state index contributed by atoms with van der Waals surface area (Å²) in [5.41, 5.74) is 0. The van der Waals surface area contributed by atoms with Crippen LogP contribution in [-0.4, -0.2) is 17.9 Å². The molecular weight excluding hydrogens is 340 g/mol. The van der Waals surface area contributed by atoms with E-state index in [2.05, 4.69) is 23.0 Å². The number of unbranched alkanes of at least 4 members (excludes halogenated alkanes) is 6. The molecule has 2 atom stereocenters.